The zero-order valence-electron chi connectivity index (χ0n) is 17.1. The van der Waals surface area contributed by atoms with Gasteiger partial charge in [-0.05, 0) is 30.5 Å². The van der Waals surface area contributed by atoms with E-state index in [0.717, 1.165) is 49.4 Å². The van der Waals surface area contributed by atoms with Gasteiger partial charge in [-0.2, -0.15) is 0 Å². The third-order valence-corrected chi connectivity index (χ3v) is 6.32. The molecule has 0 radical (unpaired) electrons. The van der Waals surface area contributed by atoms with Gasteiger partial charge in [0.15, 0.2) is 11.8 Å². The van der Waals surface area contributed by atoms with Crippen molar-refractivity contribution in [3.8, 4) is 5.75 Å². The topological polar surface area (TPSA) is 67.6 Å². The number of aliphatic imine (C=N–C) groups is 1. The Labute approximate surface area is 185 Å². The molecule has 0 aliphatic carbocycles. The van der Waals surface area contributed by atoms with Gasteiger partial charge in [0.2, 0.25) is 0 Å². The van der Waals surface area contributed by atoms with Gasteiger partial charge >= 0.3 is 0 Å². The molecule has 9 heteroatoms. The van der Waals surface area contributed by atoms with E-state index in [4.69, 9.17) is 21.3 Å². The van der Waals surface area contributed by atoms with Gasteiger partial charge in [-0.25, -0.2) is 4.99 Å². The molecule has 1 N–H and O–H groups in total. The van der Waals surface area contributed by atoms with Crippen LogP contribution >= 0.6 is 22.9 Å². The lowest BCUT2D eigenvalue weighted by molar-refractivity contribution is 0.214. The number of aryl methyl sites for hydroxylation is 1. The maximum Gasteiger partial charge on any atom is 0.194 e. The number of benzene rings is 1. The zero-order valence-corrected chi connectivity index (χ0v) is 18.7. The largest absolute Gasteiger partial charge is 0.487 e. The second kappa shape index (κ2) is 9.49. The highest BCUT2D eigenvalue weighted by atomic mass is 35.5. The number of likely N-dealkylation sites (tertiary alicyclic amines) is 1. The van der Waals surface area contributed by atoms with Crippen LogP contribution in [0.2, 0.25) is 5.02 Å². The van der Waals surface area contributed by atoms with Gasteiger partial charge in [-0.15, -0.1) is 21.5 Å². The molecule has 1 aliphatic rings. The summed E-state index contributed by atoms with van der Waals surface area (Å²) in [7, 11) is 1.96. The van der Waals surface area contributed by atoms with Gasteiger partial charge in [-0.3, -0.25) is 0 Å². The lowest BCUT2D eigenvalue weighted by Gasteiger charge is -2.22. The Kier molecular flexibility index (Phi) is 6.54. The summed E-state index contributed by atoms with van der Waals surface area (Å²) in [6.45, 7) is 4.76. The first-order valence-electron chi connectivity index (χ1n) is 9.92. The molecule has 1 unspecified atom stereocenters. The normalized spacial score (nSPS) is 16.8. The van der Waals surface area contributed by atoms with Gasteiger partial charge in [0.25, 0.3) is 0 Å². The van der Waals surface area contributed by atoms with Crippen molar-refractivity contribution in [2.24, 2.45) is 12.0 Å². The van der Waals surface area contributed by atoms with E-state index in [1.807, 2.05) is 42.8 Å². The van der Waals surface area contributed by atoms with Crippen LogP contribution < -0.4 is 10.1 Å². The molecule has 2 aromatic heterocycles. The molecule has 3 heterocycles. The maximum absolute atomic E-state index is 6.25. The molecule has 1 atom stereocenters. The molecule has 0 amide bonds. The fraction of sp³-hybridized carbons (Fsp3) is 0.381. The van der Waals surface area contributed by atoms with E-state index < -0.39 is 0 Å². The molecule has 30 heavy (non-hydrogen) atoms. The van der Waals surface area contributed by atoms with Crippen LogP contribution in [0.15, 0.2) is 46.8 Å². The fourth-order valence-corrected chi connectivity index (χ4v) is 4.14. The standard InChI is InChI=1S/C21H25ClN6OS/c1-15-25-26-20(27(15)2)13-24-21(23-12-17-6-5-11-30-17)28-10-9-16(14-28)29-19-8-4-3-7-18(19)22/h3-8,11,16H,9-10,12-14H2,1-2H3,(H,23,24). The van der Waals surface area contributed by atoms with Crippen molar-refractivity contribution in [2.45, 2.75) is 32.5 Å². The Morgan fingerprint density at radius 3 is 2.90 bits per heavy atom. The summed E-state index contributed by atoms with van der Waals surface area (Å²) in [4.78, 5) is 8.34. The average molecular weight is 445 g/mol. The summed E-state index contributed by atoms with van der Waals surface area (Å²) >= 11 is 7.98. The molecule has 0 saturated carbocycles. The van der Waals surface area contributed by atoms with E-state index >= 15 is 0 Å². The molecule has 4 rings (SSSR count). The summed E-state index contributed by atoms with van der Waals surface area (Å²) in [5.74, 6) is 3.30. The third-order valence-electron chi connectivity index (χ3n) is 5.13. The number of hydrogen-bond acceptors (Lipinski definition) is 5. The summed E-state index contributed by atoms with van der Waals surface area (Å²) in [5.41, 5.74) is 0. The quantitative estimate of drug-likeness (QED) is 0.464. The number of nitrogens with zero attached hydrogens (tertiary/aromatic N) is 5. The van der Waals surface area contributed by atoms with E-state index in [1.54, 1.807) is 11.3 Å². The van der Waals surface area contributed by atoms with Crippen molar-refractivity contribution in [1.82, 2.24) is 25.0 Å². The van der Waals surface area contributed by atoms with E-state index in [0.29, 0.717) is 11.6 Å². The average Bonchev–Trinajstić information content (AvgIpc) is 3.49. The molecule has 7 nitrogen and oxygen atoms in total. The number of ether oxygens (including phenoxy) is 1. The molecule has 1 saturated heterocycles. The number of para-hydroxylation sites is 1. The van der Waals surface area contributed by atoms with Crippen LogP contribution in [0.4, 0.5) is 0 Å². The minimum absolute atomic E-state index is 0.0655. The number of nitrogens with one attached hydrogen (secondary N) is 1. The van der Waals surface area contributed by atoms with E-state index in [9.17, 15) is 0 Å². The SMILES string of the molecule is Cc1nnc(CN=C(NCc2cccs2)N2CCC(Oc3ccccc3Cl)C2)n1C. The van der Waals surface area contributed by atoms with Crippen molar-refractivity contribution in [3.63, 3.8) is 0 Å². The summed E-state index contributed by atoms with van der Waals surface area (Å²) in [6.07, 6.45) is 0.976. The molecule has 1 aliphatic heterocycles. The second-order valence-corrected chi connectivity index (χ2v) is 8.64. The first-order chi connectivity index (χ1) is 14.6. The highest BCUT2D eigenvalue weighted by Gasteiger charge is 2.27. The minimum atomic E-state index is 0.0655. The van der Waals surface area contributed by atoms with Crippen LogP contribution in [0.1, 0.15) is 22.9 Å². The predicted octanol–water partition coefficient (Wildman–Crippen LogP) is 3.64. The van der Waals surface area contributed by atoms with Crippen LogP contribution in [-0.4, -0.2) is 44.8 Å². The van der Waals surface area contributed by atoms with Crippen LogP contribution in [-0.2, 0) is 20.1 Å². The second-order valence-electron chi connectivity index (χ2n) is 7.20. The zero-order chi connectivity index (χ0) is 20.9. The van der Waals surface area contributed by atoms with Gasteiger partial charge < -0.3 is 19.5 Å². The Morgan fingerprint density at radius 1 is 1.30 bits per heavy atom. The van der Waals surface area contributed by atoms with E-state index in [2.05, 4.69) is 37.9 Å². The molecule has 0 bridgehead atoms. The lowest BCUT2D eigenvalue weighted by atomic mass is 10.3. The van der Waals surface area contributed by atoms with Crippen LogP contribution in [0, 0.1) is 6.92 Å². The molecule has 158 valence electrons. The van der Waals surface area contributed by atoms with Crippen LogP contribution in [0.5, 0.6) is 5.75 Å². The lowest BCUT2D eigenvalue weighted by Crippen LogP contribution is -2.40. The van der Waals surface area contributed by atoms with Gasteiger partial charge in [0.1, 0.15) is 24.2 Å². The Morgan fingerprint density at radius 2 is 2.17 bits per heavy atom. The Balaban J connectivity index is 1.45. The maximum atomic E-state index is 6.25. The number of hydrogen-bond donors (Lipinski definition) is 1. The third kappa shape index (κ3) is 4.94. The van der Waals surface area contributed by atoms with E-state index in [1.165, 1.54) is 4.88 Å². The summed E-state index contributed by atoms with van der Waals surface area (Å²) < 4.78 is 8.11. The van der Waals surface area contributed by atoms with E-state index in [-0.39, 0.29) is 6.10 Å². The number of guanidine groups is 1. The first kappa shape index (κ1) is 20.7. The molecular formula is C21H25ClN6OS. The minimum Gasteiger partial charge on any atom is -0.487 e. The van der Waals surface area contributed by atoms with Crippen LogP contribution in [0.3, 0.4) is 0 Å². The monoisotopic (exact) mass is 444 g/mol. The van der Waals surface area contributed by atoms with Crippen molar-refractivity contribution in [3.05, 3.63) is 63.3 Å². The van der Waals surface area contributed by atoms with Gasteiger partial charge in [-0.1, -0.05) is 29.8 Å². The summed E-state index contributed by atoms with van der Waals surface area (Å²) in [5, 5.41) is 14.6. The van der Waals surface area contributed by atoms with Crippen molar-refractivity contribution >= 4 is 28.9 Å². The smallest absolute Gasteiger partial charge is 0.194 e. The Bertz CT molecular complexity index is 1000. The molecule has 1 aromatic carbocycles. The summed E-state index contributed by atoms with van der Waals surface area (Å²) in [6, 6.07) is 11.8. The number of rotatable bonds is 6. The van der Waals surface area contributed by atoms with Gasteiger partial charge in [0.05, 0.1) is 18.1 Å². The van der Waals surface area contributed by atoms with Gasteiger partial charge in [0, 0.05) is 24.9 Å². The number of aromatic nitrogens is 3. The van der Waals surface area contributed by atoms with Crippen molar-refractivity contribution < 1.29 is 4.74 Å². The van der Waals surface area contributed by atoms with Crippen molar-refractivity contribution in [1.29, 1.82) is 0 Å². The molecular weight excluding hydrogens is 420 g/mol. The Hall–Kier alpha value is -2.58. The molecule has 0 spiro atoms. The first-order valence-corrected chi connectivity index (χ1v) is 11.2. The number of thiophene rings is 1. The highest BCUT2D eigenvalue weighted by Crippen LogP contribution is 2.26. The molecule has 1 fully saturated rings. The number of halogens is 1. The van der Waals surface area contributed by atoms with Crippen molar-refractivity contribution in [2.75, 3.05) is 13.1 Å². The molecule has 3 aromatic rings. The fourth-order valence-electron chi connectivity index (χ4n) is 3.32. The van der Waals surface area contributed by atoms with Crippen LogP contribution in [0.25, 0.3) is 0 Å². The highest BCUT2D eigenvalue weighted by molar-refractivity contribution is 7.09. The predicted molar refractivity (Wildman–Crippen MR) is 120 cm³/mol.